The van der Waals surface area contributed by atoms with E-state index in [1.54, 1.807) is 0 Å². The van der Waals surface area contributed by atoms with Crippen LogP contribution in [-0.4, -0.2) is 28.4 Å². The number of carbonyl (C=O) groups excluding carboxylic acids is 1. The fraction of sp³-hybridized carbons (Fsp3) is 0.400. The van der Waals surface area contributed by atoms with Crippen molar-refractivity contribution in [2.45, 2.75) is 46.1 Å². The molecule has 0 aliphatic carbocycles. The Kier molecular flexibility index (Phi) is 4.46. The van der Waals surface area contributed by atoms with E-state index in [1.807, 2.05) is 24.0 Å². The number of pyridine rings is 1. The summed E-state index contributed by atoms with van der Waals surface area (Å²) in [4.78, 5) is 19.6. The van der Waals surface area contributed by atoms with Crippen LogP contribution in [0.2, 0.25) is 0 Å². The normalized spacial score (nSPS) is 17.2. The Hall–Kier alpha value is -2.16. The minimum atomic E-state index is 0.101. The van der Waals surface area contributed by atoms with Crippen LogP contribution in [0, 0.1) is 13.8 Å². The molecule has 3 rings (SSSR count). The van der Waals surface area contributed by atoms with Gasteiger partial charge in [-0.1, -0.05) is 43.5 Å². The third kappa shape index (κ3) is 3.14. The van der Waals surface area contributed by atoms with Crippen molar-refractivity contribution in [1.29, 1.82) is 0 Å². The van der Waals surface area contributed by atoms with Gasteiger partial charge in [0.25, 0.3) is 5.91 Å². The fourth-order valence-electron chi connectivity index (χ4n) is 3.23. The number of benzene rings is 1. The van der Waals surface area contributed by atoms with Crippen molar-refractivity contribution in [2.75, 3.05) is 6.54 Å². The highest BCUT2D eigenvalue weighted by atomic mass is 16.2. The monoisotopic (exact) mass is 308 g/mol. The average molecular weight is 308 g/mol. The largest absolute Gasteiger partial charge is 0.328 e. The van der Waals surface area contributed by atoms with Crippen molar-refractivity contribution in [3.05, 3.63) is 53.2 Å². The summed E-state index contributed by atoms with van der Waals surface area (Å²) >= 11 is 0. The van der Waals surface area contributed by atoms with E-state index in [0.29, 0.717) is 6.54 Å². The molecule has 0 fully saturated rings. The van der Waals surface area contributed by atoms with E-state index >= 15 is 0 Å². The van der Waals surface area contributed by atoms with Gasteiger partial charge in [0, 0.05) is 11.9 Å². The van der Waals surface area contributed by atoms with Gasteiger partial charge in [0.15, 0.2) is 0 Å². The van der Waals surface area contributed by atoms with Gasteiger partial charge in [0.05, 0.1) is 22.8 Å². The third-order valence-corrected chi connectivity index (χ3v) is 4.57. The maximum absolute atomic E-state index is 13.0. The van der Waals surface area contributed by atoms with E-state index < -0.39 is 0 Å². The molecular formula is C20H24N2O. The zero-order valence-corrected chi connectivity index (χ0v) is 14.2. The quantitative estimate of drug-likeness (QED) is 0.783. The number of aryl methyl sites for hydroxylation is 2. The lowest BCUT2D eigenvalue weighted by molar-refractivity contribution is 0.0742. The van der Waals surface area contributed by atoms with Crippen LogP contribution in [-0.2, 0) is 0 Å². The van der Waals surface area contributed by atoms with Gasteiger partial charge in [-0.2, -0.15) is 0 Å². The van der Waals surface area contributed by atoms with Crippen molar-refractivity contribution in [3.63, 3.8) is 0 Å². The summed E-state index contributed by atoms with van der Waals surface area (Å²) in [5, 5.41) is 1.04. The minimum Gasteiger partial charge on any atom is -0.328 e. The summed E-state index contributed by atoms with van der Waals surface area (Å²) in [7, 11) is 0. The lowest BCUT2D eigenvalue weighted by Gasteiger charge is -2.25. The molecule has 1 aromatic heterocycles. The first-order valence-corrected chi connectivity index (χ1v) is 8.46. The number of amides is 1. The predicted octanol–water partition coefficient (Wildman–Crippen LogP) is 4.42. The SMILES string of the molecule is CCCC[C@H]1C=CCN1C(=O)c1cc2cc(C)ccc2nc1C. The molecule has 2 aromatic rings. The van der Waals surface area contributed by atoms with Crippen LogP contribution in [0.4, 0.5) is 0 Å². The molecule has 1 aliphatic rings. The molecule has 1 aliphatic heterocycles. The van der Waals surface area contributed by atoms with Crippen molar-refractivity contribution >= 4 is 16.8 Å². The van der Waals surface area contributed by atoms with E-state index in [4.69, 9.17) is 0 Å². The Morgan fingerprint density at radius 1 is 1.30 bits per heavy atom. The van der Waals surface area contributed by atoms with Crippen LogP contribution in [0.15, 0.2) is 36.4 Å². The van der Waals surface area contributed by atoms with Crippen molar-refractivity contribution < 1.29 is 4.79 Å². The molecule has 1 aromatic carbocycles. The Morgan fingerprint density at radius 2 is 2.13 bits per heavy atom. The number of aromatic nitrogens is 1. The van der Waals surface area contributed by atoms with Crippen LogP contribution in [0.3, 0.4) is 0 Å². The first kappa shape index (κ1) is 15.7. The molecule has 0 radical (unpaired) electrons. The lowest BCUT2D eigenvalue weighted by Crippen LogP contribution is -2.36. The van der Waals surface area contributed by atoms with Crippen LogP contribution in [0.5, 0.6) is 0 Å². The Labute approximate surface area is 138 Å². The maximum atomic E-state index is 13.0. The number of nitrogens with zero attached hydrogens (tertiary/aromatic N) is 2. The van der Waals surface area contributed by atoms with Crippen molar-refractivity contribution in [3.8, 4) is 0 Å². The smallest absolute Gasteiger partial charge is 0.256 e. The second kappa shape index (κ2) is 6.53. The van der Waals surface area contributed by atoms with Crippen LogP contribution in [0.25, 0.3) is 10.9 Å². The molecule has 120 valence electrons. The van der Waals surface area contributed by atoms with Gasteiger partial charge in [-0.05, 0) is 38.5 Å². The molecule has 1 atom stereocenters. The van der Waals surface area contributed by atoms with Gasteiger partial charge in [-0.3, -0.25) is 9.78 Å². The summed E-state index contributed by atoms with van der Waals surface area (Å²) in [5.41, 5.74) is 3.68. The molecular weight excluding hydrogens is 284 g/mol. The van der Waals surface area contributed by atoms with E-state index in [0.717, 1.165) is 41.4 Å². The number of hydrogen-bond donors (Lipinski definition) is 0. The van der Waals surface area contributed by atoms with E-state index in [9.17, 15) is 4.79 Å². The summed E-state index contributed by atoms with van der Waals surface area (Å²) in [6.45, 7) is 6.88. The number of rotatable bonds is 4. The molecule has 0 N–H and O–H groups in total. The summed E-state index contributed by atoms with van der Waals surface area (Å²) in [5.74, 6) is 0.101. The van der Waals surface area contributed by atoms with Gasteiger partial charge in [-0.25, -0.2) is 0 Å². The Morgan fingerprint density at radius 3 is 2.91 bits per heavy atom. The van der Waals surface area contributed by atoms with Gasteiger partial charge in [0.2, 0.25) is 0 Å². The summed E-state index contributed by atoms with van der Waals surface area (Å²) in [6, 6.07) is 8.40. The zero-order chi connectivity index (χ0) is 16.4. The molecule has 3 nitrogen and oxygen atoms in total. The maximum Gasteiger partial charge on any atom is 0.256 e. The van der Waals surface area contributed by atoms with E-state index in [-0.39, 0.29) is 11.9 Å². The number of hydrogen-bond acceptors (Lipinski definition) is 2. The topological polar surface area (TPSA) is 33.2 Å². The number of fused-ring (bicyclic) bond motifs is 1. The minimum absolute atomic E-state index is 0.101. The number of unbranched alkanes of at least 4 members (excludes halogenated alkanes) is 1. The Balaban J connectivity index is 1.92. The molecule has 0 unspecified atom stereocenters. The predicted molar refractivity (Wildman–Crippen MR) is 94.7 cm³/mol. The fourth-order valence-corrected chi connectivity index (χ4v) is 3.23. The average Bonchev–Trinajstić information content (AvgIpc) is 3.00. The lowest BCUT2D eigenvalue weighted by atomic mass is 10.0. The van der Waals surface area contributed by atoms with Crippen LogP contribution < -0.4 is 0 Å². The molecule has 0 saturated carbocycles. The van der Waals surface area contributed by atoms with Gasteiger partial charge < -0.3 is 4.90 Å². The Bertz CT molecular complexity index is 764. The molecule has 2 heterocycles. The van der Waals surface area contributed by atoms with Crippen molar-refractivity contribution in [1.82, 2.24) is 9.88 Å². The summed E-state index contributed by atoms with van der Waals surface area (Å²) < 4.78 is 0. The van der Waals surface area contributed by atoms with E-state index in [1.165, 1.54) is 5.56 Å². The van der Waals surface area contributed by atoms with Gasteiger partial charge in [-0.15, -0.1) is 0 Å². The molecule has 0 bridgehead atoms. The highest BCUT2D eigenvalue weighted by Gasteiger charge is 2.26. The van der Waals surface area contributed by atoms with Crippen LogP contribution >= 0.6 is 0 Å². The van der Waals surface area contributed by atoms with E-state index in [2.05, 4.69) is 43.1 Å². The molecule has 0 saturated heterocycles. The van der Waals surface area contributed by atoms with Crippen LogP contribution in [0.1, 0.15) is 47.8 Å². The van der Waals surface area contributed by atoms with Crippen molar-refractivity contribution in [2.24, 2.45) is 0 Å². The standard InChI is InChI=1S/C20H24N2O/c1-4-5-7-17-8-6-11-22(17)20(23)18-13-16-12-14(2)9-10-19(16)21-15(18)3/h6,8-10,12-13,17H,4-5,7,11H2,1-3H3/t17-/m0/s1. The highest BCUT2D eigenvalue weighted by molar-refractivity contribution is 5.99. The van der Waals surface area contributed by atoms with Gasteiger partial charge >= 0.3 is 0 Å². The molecule has 0 spiro atoms. The zero-order valence-electron chi connectivity index (χ0n) is 14.2. The highest BCUT2D eigenvalue weighted by Crippen LogP contribution is 2.23. The second-order valence-corrected chi connectivity index (χ2v) is 6.41. The number of carbonyl (C=O) groups is 1. The van der Waals surface area contributed by atoms with Gasteiger partial charge in [0.1, 0.15) is 0 Å². The first-order valence-electron chi connectivity index (χ1n) is 8.46. The summed E-state index contributed by atoms with van der Waals surface area (Å²) in [6.07, 6.45) is 7.61. The molecule has 3 heteroatoms. The third-order valence-electron chi connectivity index (χ3n) is 4.57. The molecule has 1 amide bonds. The second-order valence-electron chi connectivity index (χ2n) is 6.41. The molecule has 23 heavy (non-hydrogen) atoms. The first-order chi connectivity index (χ1) is 11.1.